The molecule has 0 amide bonds. The summed E-state index contributed by atoms with van der Waals surface area (Å²) < 4.78 is 13.2. The number of aromatic nitrogens is 2. The van der Waals surface area contributed by atoms with Gasteiger partial charge in [0.05, 0.1) is 19.3 Å². The summed E-state index contributed by atoms with van der Waals surface area (Å²) in [6.07, 6.45) is 3.89. The van der Waals surface area contributed by atoms with Crippen molar-refractivity contribution in [1.82, 2.24) is 15.1 Å². The van der Waals surface area contributed by atoms with E-state index in [0.29, 0.717) is 19.8 Å². The molecule has 20 heavy (non-hydrogen) atoms. The molecule has 5 nitrogen and oxygen atoms in total. The minimum atomic E-state index is 0.560. The second-order valence-electron chi connectivity index (χ2n) is 4.37. The number of ether oxygens (including phenoxy) is 2. The van der Waals surface area contributed by atoms with Crippen molar-refractivity contribution >= 4 is 0 Å². The smallest absolute Gasteiger partial charge is 0.161 e. The fraction of sp³-hybridized carbons (Fsp3) is 0.400. The maximum Gasteiger partial charge on any atom is 0.161 e. The van der Waals surface area contributed by atoms with E-state index in [4.69, 9.17) is 9.47 Å². The monoisotopic (exact) mass is 275 g/mol. The molecule has 0 atom stereocenters. The fourth-order valence-corrected chi connectivity index (χ4v) is 1.92. The second-order valence-corrected chi connectivity index (χ2v) is 4.37. The number of hydrogen-bond donors (Lipinski definition) is 1. The number of nitrogens with zero attached hydrogens (tertiary/aromatic N) is 2. The van der Waals surface area contributed by atoms with Crippen molar-refractivity contribution < 1.29 is 9.47 Å². The van der Waals surface area contributed by atoms with Crippen LogP contribution < -0.4 is 14.8 Å². The Balaban J connectivity index is 1.85. The highest BCUT2D eigenvalue weighted by Crippen LogP contribution is 2.26. The van der Waals surface area contributed by atoms with Crippen molar-refractivity contribution in [2.24, 2.45) is 0 Å². The van der Waals surface area contributed by atoms with Crippen LogP contribution in [0.4, 0.5) is 0 Å². The first-order valence-electron chi connectivity index (χ1n) is 6.84. The third kappa shape index (κ3) is 3.99. The van der Waals surface area contributed by atoms with Crippen LogP contribution in [0.1, 0.15) is 12.5 Å². The molecule has 0 aliphatic rings. The highest BCUT2D eigenvalue weighted by Gasteiger charge is 2.03. The van der Waals surface area contributed by atoms with Gasteiger partial charge in [0, 0.05) is 18.3 Å². The molecular formula is C15H21N3O2. The standard InChI is InChI=1S/C15H21N3O2/c1-3-19-14-6-4-5-7-15(14)20-9-8-18-12-13(10-16-2)11-17-18/h4-7,11-12,16H,3,8-10H2,1-2H3. The van der Waals surface area contributed by atoms with Crippen LogP contribution >= 0.6 is 0 Å². The van der Waals surface area contributed by atoms with Gasteiger partial charge in [-0.1, -0.05) is 12.1 Å². The zero-order chi connectivity index (χ0) is 14.2. The van der Waals surface area contributed by atoms with Gasteiger partial charge in [-0.2, -0.15) is 5.10 Å². The van der Waals surface area contributed by atoms with Gasteiger partial charge >= 0.3 is 0 Å². The number of rotatable bonds is 8. The lowest BCUT2D eigenvalue weighted by Gasteiger charge is -2.11. The third-order valence-corrected chi connectivity index (χ3v) is 2.79. The minimum absolute atomic E-state index is 0.560. The van der Waals surface area contributed by atoms with Crippen molar-refractivity contribution in [2.45, 2.75) is 20.0 Å². The van der Waals surface area contributed by atoms with Gasteiger partial charge in [-0.3, -0.25) is 4.68 Å². The number of nitrogens with one attached hydrogen (secondary N) is 1. The van der Waals surface area contributed by atoms with Gasteiger partial charge in [0.1, 0.15) is 6.61 Å². The van der Waals surface area contributed by atoms with Crippen LogP contribution in [0.3, 0.4) is 0 Å². The van der Waals surface area contributed by atoms with E-state index in [0.717, 1.165) is 18.0 Å². The average Bonchev–Trinajstić information content (AvgIpc) is 2.89. The zero-order valence-electron chi connectivity index (χ0n) is 12.0. The molecule has 0 aliphatic carbocycles. The molecule has 5 heteroatoms. The first-order chi connectivity index (χ1) is 9.83. The number of para-hydroxylation sites is 2. The Bertz CT molecular complexity index is 525. The van der Waals surface area contributed by atoms with Crippen molar-refractivity contribution in [1.29, 1.82) is 0 Å². The van der Waals surface area contributed by atoms with E-state index in [1.165, 1.54) is 5.56 Å². The topological polar surface area (TPSA) is 48.3 Å². The van der Waals surface area contributed by atoms with E-state index in [1.807, 2.05) is 55.3 Å². The molecular weight excluding hydrogens is 254 g/mol. The van der Waals surface area contributed by atoms with Crippen LogP contribution in [0.15, 0.2) is 36.7 Å². The van der Waals surface area contributed by atoms with Crippen LogP contribution in [-0.2, 0) is 13.1 Å². The van der Waals surface area contributed by atoms with E-state index < -0.39 is 0 Å². The summed E-state index contributed by atoms with van der Waals surface area (Å²) in [4.78, 5) is 0. The molecule has 0 radical (unpaired) electrons. The molecule has 1 heterocycles. The van der Waals surface area contributed by atoms with E-state index in [-0.39, 0.29) is 0 Å². The molecule has 108 valence electrons. The molecule has 1 aromatic carbocycles. The average molecular weight is 275 g/mol. The molecule has 2 aromatic rings. The fourth-order valence-electron chi connectivity index (χ4n) is 1.92. The molecule has 0 saturated carbocycles. The van der Waals surface area contributed by atoms with Crippen LogP contribution in [0.25, 0.3) is 0 Å². The van der Waals surface area contributed by atoms with Crippen molar-refractivity contribution in [3.05, 3.63) is 42.2 Å². The number of hydrogen-bond acceptors (Lipinski definition) is 4. The molecule has 0 spiro atoms. The largest absolute Gasteiger partial charge is 0.490 e. The summed E-state index contributed by atoms with van der Waals surface area (Å²) >= 11 is 0. The lowest BCUT2D eigenvalue weighted by atomic mass is 10.3. The summed E-state index contributed by atoms with van der Waals surface area (Å²) in [6, 6.07) is 7.71. The van der Waals surface area contributed by atoms with Crippen molar-refractivity contribution in [3.63, 3.8) is 0 Å². The Morgan fingerprint density at radius 2 is 1.95 bits per heavy atom. The van der Waals surface area contributed by atoms with Crippen molar-refractivity contribution in [3.8, 4) is 11.5 Å². The Morgan fingerprint density at radius 1 is 1.20 bits per heavy atom. The van der Waals surface area contributed by atoms with Crippen LogP contribution in [-0.4, -0.2) is 30.0 Å². The SMILES string of the molecule is CCOc1ccccc1OCCn1cc(CNC)cn1. The maximum absolute atomic E-state index is 5.76. The molecule has 1 aromatic heterocycles. The molecule has 0 unspecified atom stereocenters. The zero-order valence-corrected chi connectivity index (χ0v) is 12.0. The Labute approximate surface area is 119 Å². The summed E-state index contributed by atoms with van der Waals surface area (Å²) in [6.45, 7) is 4.69. The molecule has 2 rings (SSSR count). The molecule has 1 N–H and O–H groups in total. The van der Waals surface area contributed by atoms with E-state index in [9.17, 15) is 0 Å². The van der Waals surface area contributed by atoms with E-state index in [1.54, 1.807) is 0 Å². The van der Waals surface area contributed by atoms with Gasteiger partial charge in [0.2, 0.25) is 0 Å². The van der Waals surface area contributed by atoms with E-state index in [2.05, 4.69) is 10.4 Å². The van der Waals surface area contributed by atoms with Crippen molar-refractivity contribution in [2.75, 3.05) is 20.3 Å². The molecule has 0 aliphatic heterocycles. The third-order valence-electron chi connectivity index (χ3n) is 2.79. The van der Waals surface area contributed by atoms with Gasteiger partial charge in [-0.05, 0) is 26.1 Å². The van der Waals surface area contributed by atoms with Gasteiger partial charge in [0.25, 0.3) is 0 Å². The van der Waals surface area contributed by atoms with Crippen LogP contribution in [0, 0.1) is 0 Å². The van der Waals surface area contributed by atoms with Gasteiger partial charge in [0.15, 0.2) is 11.5 Å². The predicted molar refractivity (Wildman–Crippen MR) is 78.1 cm³/mol. The van der Waals surface area contributed by atoms with Gasteiger partial charge in [-0.15, -0.1) is 0 Å². The summed E-state index contributed by atoms with van der Waals surface area (Å²) in [5, 5.41) is 7.39. The second kappa shape index (κ2) is 7.55. The summed E-state index contributed by atoms with van der Waals surface area (Å²) in [5.74, 6) is 1.56. The lowest BCUT2D eigenvalue weighted by Crippen LogP contribution is -2.09. The highest BCUT2D eigenvalue weighted by atomic mass is 16.5. The summed E-state index contributed by atoms with van der Waals surface area (Å²) in [7, 11) is 1.92. The minimum Gasteiger partial charge on any atom is -0.490 e. The van der Waals surface area contributed by atoms with Crippen LogP contribution in [0.5, 0.6) is 11.5 Å². The maximum atomic E-state index is 5.76. The Morgan fingerprint density at radius 3 is 2.65 bits per heavy atom. The first kappa shape index (κ1) is 14.4. The summed E-state index contributed by atoms with van der Waals surface area (Å²) in [5.41, 5.74) is 1.17. The number of benzene rings is 1. The Hall–Kier alpha value is -2.01. The molecule has 0 saturated heterocycles. The van der Waals surface area contributed by atoms with Gasteiger partial charge < -0.3 is 14.8 Å². The first-order valence-corrected chi connectivity index (χ1v) is 6.84. The Kier molecular flexibility index (Phi) is 5.43. The van der Waals surface area contributed by atoms with Gasteiger partial charge in [-0.25, -0.2) is 0 Å². The quantitative estimate of drug-likeness (QED) is 0.801. The normalized spacial score (nSPS) is 10.5. The van der Waals surface area contributed by atoms with E-state index >= 15 is 0 Å². The molecule has 0 bridgehead atoms. The highest BCUT2D eigenvalue weighted by molar-refractivity contribution is 5.39. The lowest BCUT2D eigenvalue weighted by molar-refractivity contribution is 0.262. The van der Waals surface area contributed by atoms with Crippen LogP contribution in [0.2, 0.25) is 0 Å². The molecule has 0 fully saturated rings. The predicted octanol–water partition coefficient (Wildman–Crippen LogP) is 2.08.